The number of hydrogen-bond acceptors (Lipinski definition) is 4. The van der Waals surface area contributed by atoms with Gasteiger partial charge in [0.15, 0.2) is 0 Å². The van der Waals surface area contributed by atoms with E-state index in [0.29, 0.717) is 16.1 Å². The summed E-state index contributed by atoms with van der Waals surface area (Å²) in [4.78, 5) is 16.1. The fraction of sp³-hybridized carbons (Fsp3) is 0. The number of carbonyl (C=O) groups is 1. The number of nitrogen functional groups attached to an aromatic ring is 1. The van der Waals surface area contributed by atoms with Gasteiger partial charge in [0, 0.05) is 11.9 Å². The van der Waals surface area contributed by atoms with E-state index in [1.807, 2.05) is 18.2 Å². The molecule has 0 aliphatic heterocycles. The summed E-state index contributed by atoms with van der Waals surface area (Å²) < 4.78 is 5.38. The van der Waals surface area contributed by atoms with Crippen LogP contribution in [-0.2, 0) is 0 Å². The Balaban J connectivity index is 1.98. The maximum atomic E-state index is 12.1. The second-order valence-electron chi connectivity index (χ2n) is 4.17. The number of nitrogens with one attached hydrogen (secondary N) is 1. The number of para-hydroxylation sites is 1. The Morgan fingerprint density at radius 2 is 2.05 bits per heavy atom. The lowest BCUT2D eigenvalue weighted by Crippen LogP contribution is -2.12. The molecule has 0 spiro atoms. The standard InChI is InChI=1S/C14H10ClN3O2/c15-8-6-10-11(16)12(20-14(10)17-7-8)13(19)18-9-4-2-1-3-5-9/h1-7H,16H2,(H,18,19). The molecular formula is C14H10ClN3O2. The summed E-state index contributed by atoms with van der Waals surface area (Å²) in [6.45, 7) is 0. The largest absolute Gasteiger partial charge is 0.430 e. The van der Waals surface area contributed by atoms with Gasteiger partial charge in [-0.1, -0.05) is 29.8 Å². The number of halogens is 1. The highest BCUT2D eigenvalue weighted by Crippen LogP contribution is 2.29. The van der Waals surface area contributed by atoms with Crippen LogP contribution in [0.2, 0.25) is 5.02 Å². The fourth-order valence-electron chi connectivity index (χ4n) is 1.85. The van der Waals surface area contributed by atoms with E-state index in [2.05, 4.69) is 10.3 Å². The van der Waals surface area contributed by atoms with Crippen molar-refractivity contribution in [1.82, 2.24) is 4.98 Å². The first-order valence-electron chi connectivity index (χ1n) is 5.85. The van der Waals surface area contributed by atoms with Crippen molar-refractivity contribution < 1.29 is 9.21 Å². The van der Waals surface area contributed by atoms with E-state index >= 15 is 0 Å². The number of amides is 1. The Hall–Kier alpha value is -2.53. The normalized spacial score (nSPS) is 10.7. The van der Waals surface area contributed by atoms with Crippen LogP contribution in [0.15, 0.2) is 47.0 Å². The van der Waals surface area contributed by atoms with Crippen molar-refractivity contribution in [3.63, 3.8) is 0 Å². The molecule has 2 heterocycles. The maximum Gasteiger partial charge on any atom is 0.293 e. The number of furan rings is 1. The monoisotopic (exact) mass is 287 g/mol. The molecule has 100 valence electrons. The number of carbonyl (C=O) groups excluding carboxylic acids is 1. The molecule has 1 aromatic carbocycles. The number of hydrogen-bond donors (Lipinski definition) is 2. The minimum Gasteiger partial charge on any atom is -0.430 e. The number of benzene rings is 1. The van der Waals surface area contributed by atoms with Gasteiger partial charge in [-0.3, -0.25) is 4.79 Å². The third-order valence-corrected chi connectivity index (χ3v) is 3.00. The van der Waals surface area contributed by atoms with Crippen LogP contribution in [0.3, 0.4) is 0 Å². The summed E-state index contributed by atoms with van der Waals surface area (Å²) in [5.74, 6) is -0.401. The van der Waals surface area contributed by atoms with Crippen molar-refractivity contribution in [2.24, 2.45) is 0 Å². The van der Waals surface area contributed by atoms with Crippen LogP contribution in [0.25, 0.3) is 11.1 Å². The smallest absolute Gasteiger partial charge is 0.293 e. The summed E-state index contributed by atoms with van der Waals surface area (Å²) >= 11 is 5.85. The van der Waals surface area contributed by atoms with E-state index < -0.39 is 5.91 Å². The summed E-state index contributed by atoms with van der Waals surface area (Å²) in [6, 6.07) is 10.6. The lowest BCUT2D eigenvalue weighted by Gasteiger charge is -2.02. The molecule has 2 aromatic heterocycles. The predicted molar refractivity (Wildman–Crippen MR) is 77.8 cm³/mol. The van der Waals surface area contributed by atoms with Gasteiger partial charge in [0.2, 0.25) is 11.5 Å². The Morgan fingerprint density at radius 3 is 2.80 bits per heavy atom. The number of anilines is 2. The first kappa shape index (κ1) is 12.5. The van der Waals surface area contributed by atoms with Gasteiger partial charge in [0.05, 0.1) is 16.1 Å². The molecule has 3 aromatic rings. The topological polar surface area (TPSA) is 81.2 Å². The number of pyridine rings is 1. The number of aromatic nitrogens is 1. The molecule has 3 rings (SSSR count). The molecule has 0 unspecified atom stereocenters. The predicted octanol–water partition coefficient (Wildman–Crippen LogP) is 3.32. The molecule has 3 N–H and O–H groups in total. The quantitative estimate of drug-likeness (QED) is 0.757. The average molecular weight is 288 g/mol. The second kappa shape index (κ2) is 4.86. The highest BCUT2D eigenvalue weighted by Gasteiger charge is 2.19. The van der Waals surface area contributed by atoms with Crippen molar-refractivity contribution in [3.8, 4) is 0 Å². The Kier molecular flexibility index (Phi) is 3.04. The van der Waals surface area contributed by atoms with Crippen LogP contribution in [0.5, 0.6) is 0 Å². The SMILES string of the molecule is Nc1c(C(=O)Nc2ccccc2)oc2ncc(Cl)cc12. The van der Waals surface area contributed by atoms with E-state index in [-0.39, 0.29) is 17.2 Å². The zero-order valence-corrected chi connectivity index (χ0v) is 11.0. The van der Waals surface area contributed by atoms with Gasteiger partial charge in [0.25, 0.3) is 5.91 Å². The van der Waals surface area contributed by atoms with Crippen LogP contribution in [0.1, 0.15) is 10.6 Å². The number of fused-ring (bicyclic) bond motifs is 1. The summed E-state index contributed by atoms with van der Waals surface area (Å²) in [5.41, 5.74) is 7.07. The molecule has 6 heteroatoms. The van der Waals surface area contributed by atoms with Crippen molar-refractivity contribution in [2.45, 2.75) is 0 Å². The zero-order valence-electron chi connectivity index (χ0n) is 10.3. The van der Waals surface area contributed by atoms with Gasteiger partial charge in [-0.2, -0.15) is 0 Å². The van der Waals surface area contributed by atoms with E-state index in [1.54, 1.807) is 18.2 Å². The first-order chi connectivity index (χ1) is 9.65. The summed E-state index contributed by atoms with van der Waals surface area (Å²) in [6.07, 6.45) is 1.44. The summed E-state index contributed by atoms with van der Waals surface area (Å²) in [5, 5.41) is 3.66. The van der Waals surface area contributed by atoms with E-state index in [0.717, 1.165) is 0 Å². The molecule has 0 saturated heterocycles. The van der Waals surface area contributed by atoms with E-state index in [4.69, 9.17) is 21.8 Å². The number of nitrogens with two attached hydrogens (primary N) is 1. The molecule has 0 atom stereocenters. The van der Waals surface area contributed by atoms with Gasteiger partial charge < -0.3 is 15.5 Å². The molecule has 5 nitrogen and oxygen atoms in total. The molecule has 20 heavy (non-hydrogen) atoms. The van der Waals surface area contributed by atoms with Gasteiger partial charge in [-0.05, 0) is 18.2 Å². The van der Waals surface area contributed by atoms with Gasteiger partial charge in [-0.15, -0.1) is 0 Å². The van der Waals surface area contributed by atoms with E-state index in [1.165, 1.54) is 6.20 Å². The van der Waals surface area contributed by atoms with Crippen molar-refractivity contribution in [3.05, 3.63) is 53.4 Å². The first-order valence-corrected chi connectivity index (χ1v) is 6.23. The average Bonchev–Trinajstić information content (AvgIpc) is 2.77. The molecule has 0 aliphatic rings. The van der Waals surface area contributed by atoms with Crippen LogP contribution in [0.4, 0.5) is 11.4 Å². The van der Waals surface area contributed by atoms with Crippen molar-refractivity contribution >= 4 is 40.0 Å². The molecule has 0 aliphatic carbocycles. The molecule has 1 amide bonds. The van der Waals surface area contributed by atoms with Crippen LogP contribution >= 0.6 is 11.6 Å². The Labute approximate surface area is 119 Å². The highest BCUT2D eigenvalue weighted by atomic mass is 35.5. The molecule has 0 saturated carbocycles. The minimum atomic E-state index is -0.428. The third kappa shape index (κ3) is 2.19. The van der Waals surface area contributed by atoms with Crippen LogP contribution < -0.4 is 11.1 Å². The van der Waals surface area contributed by atoms with E-state index in [9.17, 15) is 4.79 Å². The van der Waals surface area contributed by atoms with Crippen LogP contribution in [0, 0.1) is 0 Å². The van der Waals surface area contributed by atoms with Gasteiger partial charge in [-0.25, -0.2) is 4.98 Å². The fourth-order valence-corrected chi connectivity index (χ4v) is 2.01. The molecule has 0 bridgehead atoms. The minimum absolute atomic E-state index is 0.0265. The summed E-state index contributed by atoms with van der Waals surface area (Å²) in [7, 11) is 0. The zero-order chi connectivity index (χ0) is 14.1. The van der Waals surface area contributed by atoms with Crippen LogP contribution in [-0.4, -0.2) is 10.9 Å². The second-order valence-corrected chi connectivity index (χ2v) is 4.61. The Bertz CT molecular complexity index is 784. The Morgan fingerprint density at radius 1 is 1.30 bits per heavy atom. The molecular weight excluding hydrogens is 278 g/mol. The molecule has 0 radical (unpaired) electrons. The lowest BCUT2D eigenvalue weighted by atomic mass is 10.2. The highest BCUT2D eigenvalue weighted by molar-refractivity contribution is 6.31. The third-order valence-electron chi connectivity index (χ3n) is 2.79. The number of nitrogens with zero attached hydrogens (tertiary/aromatic N) is 1. The van der Waals surface area contributed by atoms with Crippen molar-refractivity contribution in [2.75, 3.05) is 11.1 Å². The lowest BCUT2D eigenvalue weighted by molar-refractivity contribution is 0.0999. The van der Waals surface area contributed by atoms with Gasteiger partial charge >= 0.3 is 0 Å². The number of rotatable bonds is 2. The molecule has 0 fully saturated rings. The maximum absolute atomic E-state index is 12.1. The van der Waals surface area contributed by atoms with Gasteiger partial charge in [0.1, 0.15) is 0 Å². The van der Waals surface area contributed by atoms with Crippen molar-refractivity contribution in [1.29, 1.82) is 0 Å².